The number of aryl methyl sites for hydroxylation is 1. The maximum absolute atomic E-state index is 12.5. The minimum Gasteiger partial charge on any atom is -0.497 e. The molecule has 2 rings (SSSR count). The first-order valence-electron chi connectivity index (χ1n) is 7.90. The third kappa shape index (κ3) is 5.01. The van der Waals surface area contributed by atoms with E-state index < -0.39 is 0 Å². The Balaban J connectivity index is 0.00000264. The molecule has 130 valence electrons. The summed E-state index contributed by atoms with van der Waals surface area (Å²) in [6.45, 7) is 1.38. The van der Waals surface area contributed by atoms with Crippen molar-refractivity contribution in [2.24, 2.45) is 5.73 Å². The van der Waals surface area contributed by atoms with E-state index in [1.807, 2.05) is 23.1 Å². The first kappa shape index (κ1) is 19.6. The highest BCUT2D eigenvalue weighted by molar-refractivity contribution is 5.85. The van der Waals surface area contributed by atoms with Crippen LogP contribution in [-0.2, 0) is 11.2 Å². The van der Waals surface area contributed by atoms with E-state index in [9.17, 15) is 4.79 Å². The van der Waals surface area contributed by atoms with Crippen LogP contribution in [0.25, 0.3) is 0 Å². The highest BCUT2D eigenvalue weighted by Gasteiger charge is 2.25. The van der Waals surface area contributed by atoms with Crippen molar-refractivity contribution < 1.29 is 14.3 Å². The molecular formula is C17H27ClN2O3. The van der Waals surface area contributed by atoms with Gasteiger partial charge >= 0.3 is 0 Å². The fourth-order valence-corrected chi connectivity index (χ4v) is 3.04. The zero-order chi connectivity index (χ0) is 15.9. The molecule has 1 unspecified atom stereocenters. The van der Waals surface area contributed by atoms with E-state index in [0.717, 1.165) is 42.9 Å². The number of halogens is 1. The van der Waals surface area contributed by atoms with Gasteiger partial charge in [-0.15, -0.1) is 12.4 Å². The van der Waals surface area contributed by atoms with E-state index in [0.29, 0.717) is 19.4 Å². The molecule has 1 amide bonds. The highest BCUT2D eigenvalue weighted by atomic mass is 35.5. The molecule has 0 radical (unpaired) electrons. The number of hydrogen-bond donors (Lipinski definition) is 1. The molecule has 0 aromatic heterocycles. The van der Waals surface area contributed by atoms with E-state index in [2.05, 4.69) is 0 Å². The van der Waals surface area contributed by atoms with Crippen LogP contribution in [0.4, 0.5) is 0 Å². The van der Waals surface area contributed by atoms with E-state index in [1.165, 1.54) is 0 Å². The summed E-state index contributed by atoms with van der Waals surface area (Å²) < 4.78 is 10.6. The number of carbonyl (C=O) groups excluding carboxylic acids is 1. The molecule has 1 aliphatic heterocycles. The maximum Gasteiger partial charge on any atom is 0.223 e. The fraction of sp³-hybridized carbons (Fsp3) is 0.588. The lowest BCUT2D eigenvalue weighted by atomic mass is 10.0. The number of rotatable bonds is 6. The van der Waals surface area contributed by atoms with Crippen LogP contribution in [0.15, 0.2) is 18.2 Å². The molecule has 1 fully saturated rings. The summed E-state index contributed by atoms with van der Waals surface area (Å²) in [7, 11) is 3.28. The third-order valence-corrected chi connectivity index (χ3v) is 4.32. The van der Waals surface area contributed by atoms with Gasteiger partial charge in [0.1, 0.15) is 11.5 Å². The zero-order valence-electron chi connectivity index (χ0n) is 13.9. The summed E-state index contributed by atoms with van der Waals surface area (Å²) >= 11 is 0. The molecule has 2 N–H and O–H groups in total. The van der Waals surface area contributed by atoms with Gasteiger partial charge in [0.2, 0.25) is 5.91 Å². The van der Waals surface area contributed by atoms with Crippen LogP contribution in [-0.4, -0.2) is 44.2 Å². The second-order valence-corrected chi connectivity index (χ2v) is 5.65. The summed E-state index contributed by atoms with van der Waals surface area (Å²) in [5, 5.41) is 0. The summed E-state index contributed by atoms with van der Waals surface area (Å²) in [5.74, 6) is 1.75. The Labute approximate surface area is 144 Å². The van der Waals surface area contributed by atoms with Crippen molar-refractivity contribution in [3.63, 3.8) is 0 Å². The fourth-order valence-electron chi connectivity index (χ4n) is 3.04. The van der Waals surface area contributed by atoms with Gasteiger partial charge in [-0.05, 0) is 49.4 Å². The molecule has 23 heavy (non-hydrogen) atoms. The van der Waals surface area contributed by atoms with Crippen LogP contribution in [0.1, 0.15) is 31.2 Å². The number of amides is 1. The molecule has 1 aliphatic rings. The van der Waals surface area contributed by atoms with Gasteiger partial charge in [-0.1, -0.05) is 0 Å². The summed E-state index contributed by atoms with van der Waals surface area (Å²) in [5.41, 5.74) is 6.79. The number of methoxy groups -OCH3 is 2. The molecule has 0 bridgehead atoms. The molecule has 1 aromatic rings. The molecule has 5 nitrogen and oxygen atoms in total. The average molecular weight is 343 g/mol. The lowest BCUT2D eigenvalue weighted by molar-refractivity contribution is -0.134. The Hall–Kier alpha value is -1.46. The third-order valence-electron chi connectivity index (χ3n) is 4.32. The quantitative estimate of drug-likeness (QED) is 0.862. The van der Waals surface area contributed by atoms with Crippen LogP contribution in [0.5, 0.6) is 11.5 Å². The number of likely N-dealkylation sites (tertiary alicyclic amines) is 1. The van der Waals surface area contributed by atoms with E-state index in [1.54, 1.807) is 14.2 Å². The van der Waals surface area contributed by atoms with E-state index >= 15 is 0 Å². The molecule has 1 saturated heterocycles. The summed E-state index contributed by atoms with van der Waals surface area (Å²) in [6.07, 6.45) is 4.37. The Kier molecular flexibility index (Phi) is 8.20. The zero-order valence-corrected chi connectivity index (χ0v) is 14.7. The number of nitrogens with two attached hydrogens (primary N) is 1. The van der Waals surface area contributed by atoms with Gasteiger partial charge in [-0.2, -0.15) is 0 Å². The maximum atomic E-state index is 12.5. The van der Waals surface area contributed by atoms with Crippen LogP contribution >= 0.6 is 12.4 Å². The Bertz CT molecular complexity index is 511. The lowest BCUT2D eigenvalue weighted by Gasteiger charge is -2.35. The normalized spacial score (nSPS) is 17.3. The molecule has 0 spiro atoms. The highest BCUT2D eigenvalue weighted by Crippen LogP contribution is 2.26. The Morgan fingerprint density at radius 3 is 2.74 bits per heavy atom. The van der Waals surface area contributed by atoms with Crippen molar-refractivity contribution in [1.82, 2.24) is 4.90 Å². The number of hydrogen-bond acceptors (Lipinski definition) is 4. The topological polar surface area (TPSA) is 64.8 Å². The van der Waals surface area contributed by atoms with Crippen LogP contribution in [0.2, 0.25) is 0 Å². The largest absolute Gasteiger partial charge is 0.497 e. The molecule has 0 aliphatic carbocycles. The standard InChI is InChI=1S/C17H26N2O3.ClH/c1-21-15-7-8-16(22-2)13(11-15)6-9-17(20)19-10-4-3-5-14(19)12-18;/h7-8,11,14H,3-6,9-10,12,18H2,1-2H3;1H. The number of nitrogens with zero attached hydrogens (tertiary/aromatic N) is 1. The Morgan fingerprint density at radius 1 is 1.30 bits per heavy atom. The molecular weight excluding hydrogens is 316 g/mol. The SMILES string of the molecule is COc1ccc(OC)c(CCC(=O)N2CCCCC2CN)c1.Cl. The van der Waals surface area contributed by atoms with E-state index in [-0.39, 0.29) is 24.4 Å². The number of carbonyl (C=O) groups is 1. The van der Waals surface area contributed by atoms with Gasteiger partial charge in [0.25, 0.3) is 0 Å². The lowest BCUT2D eigenvalue weighted by Crippen LogP contribution is -2.47. The molecule has 1 atom stereocenters. The van der Waals surface area contributed by atoms with Crippen molar-refractivity contribution in [3.05, 3.63) is 23.8 Å². The van der Waals surface area contributed by atoms with Crippen molar-refractivity contribution in [1.29, 1.82) is 0 Å². The minimum atomic E-state index is 0. The van der Waals surface area contributed by atoms with Crippen LogP contribution < -0.4 is 15.2 Å². The van der Waals surface area contributed by atoms with Crippen molar-refractivity contribution >= 4 is 18.3 Å². The number of benzene rings is 1. The van der Waals surface area contributed by atoms with Crippen molar-refractivity contribution in [2.75, 3.05) is 27.3 Å². The van der Waals surface area contributed by atoms with Gasteiger partial charge in [0.05, 0.1) is 14.2 Å². The summed E-state index contributed by atoms with van der Waals surface area (Å²) in [6, 6.07) is 5.87. The number of ether oxygens (including phenoxy) is 2. The van der Waals surface area contributed by atoms with Gasteiger partial charge in [-0.25, -0.2) is 0 Å². The smallest absolute Gasteiger partial charge is 0.223 e. The number of piperidine rings is 1. The average Bonchev–Trinajstić information content (AvgIpc) is 2.59. The van der Waals surface area contributed by atoms with Crippen LogP contribution in [0.3, 0.4) is 0 Å². The van der Waals surface area contributed by atoms with E-state index in [4.69, 9.17) is 15.2 Å². The van der Waals surface area contributed by atoms with Crippen molar-refractivity contribution in [3.8, 4) is 11.5 Å². The summed E-state index contributed by atoms with van der Waals surface area (Å²) in [4.78, 5) is 14.4. The van der Waals surface area contributed by atoms with Gasteiger partial charge in [-0.3, -0.25) is 4.79 Å². The monoisotopic (exact) mass is 342 g/mol. The minimum absolute atomic E-state index is 0. The second-order valence-electron chi connectivity index (χ2n) is 5.65. The van der Waals surface area contributed by atoms with Crippen molar-refractivity contribution in [2.45, 2.75) is 38.1 Å². The first-order chi connectivity index (χ1) is 10.7. The molecule has 0 saturated carbocycles. The van der Waals surface area contributed by atoms with Gasteiger partial charge in [0.15, 0.2) is 0 Å². The predicted octanol–water partition coefficient (Wildman–Crippen LogP) is 2.40. The Morgan fingerprint density at radius 2 is 2.09 bits per heavy atom. The molecule has 1 aromatic carbocycles. The second kappa shape index (κ2) is 9.63. The first-order valence-corrected chi connectivity index (χ1v) is 7.90. The van der Waals surface area contributed by atoms with Gasteiger partial charge < -0.3 is 20.1 Å². The molecule has 6 heteroatoms. The molecule has 1 heterocycles. The van der Waals surface area contributed by atoms with Gasteiger partial charge in [0, 0.05) is 25.6 Å². The predicted molar refractivity (Wildman–Crippen MR) is 93.5 cm³/mol. The van der Waals surface area contributed by atoms with Crippen LogP contribution in [0, 0.1) is 0 Å².